The summed E-state index contributed by atoms with van der Waals surface area (Å²) < 4.78 is 0. The molecule has 11 aromatic rings. The molecule has 0 spiro atoms. The van der Waals surface area contributed by atoms with Crippen molar-refractivity contribution < 1.29 is 0 Å². The molecule has 0 radical (unpaired) electrons. The van der Waals surface area contributed by atoms with Gasteiger partial charge in [0.2, 0.25) is 0 Å². The van der Waals surface area contributed by atoms with Gasteiger partial charge >= 0.3 is 0 Å². The summed E-state index contributed by atoms with van der Waals surface area (Å²) in [6, 6.07) is 69.6. The minimum atomic E-state index is 0.757. The van der Waals surface area contributed by atoms with Gasteiger partial charge in [-0.1, -0.05) is 169 Å². The van der Waals surface area contributed by atoms with Crippen molar-refractivity contribution >= 4 is 65.5 Å². The summed E-state index contributed by atoms with van der Waals surface area (Å²) in [5, 5.41) is 13.4. The lowest BCUT2D eigenvalue weighted by Gasteiger charge is -2.21. The normalized spacial score (nSPS) is 12.3. The van der Waals surface area contributed by atoms with E-state index in [1.807, 2.05) is 12.1 Å². The van der Waals surface area contributed by atoms with Gasteiger partial charge in [0.1, 0.15) is 0 Å². The van der Waals surface area contributed by atoms with Crippen LogP contribution < -0.4 is 0 Å². The van der Waals surface area contributed by atoms with Gasteiger partial charge < -0.3 is 0 Å². The number of halogens is 1. The second kappa shape index (κ2) is 11.5. The average molecular weight is 739 g/mol. The van der Waals surface area contributed by atoms with E-state index in [1.54, 1.807) is 0 Å². The average Bonchev–Trinajstić information content (AvgIpc) is 3.76. The number of hydrogen-bond acceptors (Lipinski definition) is 0. The Morgan fingerprint density at radius 1 is 0.246 bits per heavy atom. The van der Waals surface area contributed by atoms with Crippen LogP contribution in [0.3, 0.4) is 0 Å². The van der Waals surface area contributed by atoms with Gasteiger partial charge in [0.25, 0.3) is 0 Å². The first-order valence-electron chi connectivity index (χ1n) is 19.7. The standard InChI is InChI=1S/C56H31Cl/c57-50-23-9-8-18-43(50)54-49-31-36-17-7-6-16-35(36)30-48(49)51(32-12-2-1-3-13-32)55-44-22-11-20-40-38(25-27-45(53(40)44)56(54)55)37-24-26-42-47-29-34-15-5-4-14-33(34)28-46(47)41-21-10-19-39(37)52(41)42/h1-31H. The summed E-state index contributed by atoms with van der Waals surface area (Å²) >= 11 is 7.21. The molecule has 2 aliphatic rings. The lowest BCUT2D eigenvalue weighted by molar-refractivity contribution is 1.63. The van der Waals surface area contributed by atoms with Crippen molar-refractivity contribution in [3.63, 3.8) is 0 Å². The second-order valence-electron chi connectivity index (χ2n) is 15.6. The van der Waals surface area contributed by atoms with Gasteiger partial charge in [0, 0.05) is 10.6 Å². The highest BCUT2D eigenvalue weighted by atomic mass is 35.5. The molecule has 0 fully saturated rings. The molecule has 0 bridgehead atoms. The number of benzene rings is 11. The van der Waals surface area contributed by atoms with Crippen LogP contribution in [0.1, 0.15) is 0 Å². The van der Waals surface area contributed by atoms with Crippen molar-refractivity contribution in [1.29, 1.82) is 0 Å². The van der Waals surface area contributed by atoms with Gasteiger partial charge in [-0.15, -0.1) is 0 Å². The number of rotatable bonds is 3. The fourth-order valence-corrected chi connectivity index (χ4v) is 10.6. The van der Waals surface area contributed by atoms with E-state index in [-0.39, 0.29) is 0 Å². The summed E-state index contributed by atoms with van der Waals surface area (Å²) in [4.78, 5) is 0. The summed E-state index contributed by atoms with van der Waals surface area (Å²) in [5.74, 6) is 0. The van der Waals surface area contributed by atoms with E-state index in [2.05, 4.69) is 176 Å². The molecular formula is C56H31Cl. The Morgan fingerprint density at radius 3 is 1.33 bits per heavy atom. The van der Waals surface area contributed by atoms with Crippen LogP contribution in [0.2, 0.25) is 5.02 Å². The second-order valence-corrected chi connectivity index (χ2v) is 16.0. The van der Waals surface area contributed by atoms with Gasteiger partial charge in [0.15, 0.2) is 0 Å². The predicted octanol–water partition coefficient (Wildman–Crippen LogP) is 16.4. The van der Waals surface area contributed by atoms with Crippen LogP contribution >= 0.6 is 11.6 Å². The zero-order valence-corrected chi connectivity index (χ0v) is 31.5. The number of hydrogen-bond donors (Lipinski definition) is 0. The van der Waals surface area contributed by atoms with Crippen LogP contribution in [-0.2, 0) is 0 Å². The lowest BCUT2D eigenvalue weighted by Crippen LogP contribution is -1.94. The maximum Gasteiger partial charge on any atom is 0.0484 e. The fraction of sp³-hybridized carbons (Fsp3) is 0. The molecule has 0 atom stereocenters. The van der Waals surface area contributed by atoms with Gasteiger partial charge in [-0.25, -0.2) is 0 Å². The lowest BCUT2D eigenvalue weighted by atomic mass is 9.82. The van der Waals surface area contributed by atoms with Crippen LogP contribution in [0.5, 0.6) is 0 Å². The van der Waals surface area contributed by atoms with Crippen molar-refractivity contribution in [1.82, 2.24) is 0 Å². The maximum atomic E-state index is 7.21. The summed E-state index contributed by atoms with van der Waals surface area (Å²) in [6.07, 6.45) is 0. The van der Waals surface area contributed by atoms with E-state index in [9.17, 15) is 0 Å². The summed E-state index contributed by atoms with van der Waals surface area (Å²) in [5.41, 5.74) is 17.6. The zero-order chi connectivity index (χ0) is 37.4. The largest absolute Gasteiger partial charge is 0.0837 e. The molecule has 0 saturated heterocycles. The van der Waals surface area contributed by atoms with E-state index >= 15 is 0 Å². The van der Waals surface area contributed by atoms with Crippen molar-refractivity contribution in [2.24, 2.45) is 0 Å². The molecule has 0 unspecified atom stereocenters. The molecule has 262 valence electrons. The van der Waals surface area contributed by atoms with E-state index in [0.717, 1.165) is 10.6 Å². The van der Waals surface area contributed by atoms with Gasteiger partial charge in [-0.2, -0.15) is 0 Å². The molecule has 1 heteroatoms. The molecule has 57 heavy (non-hydrogen) atoms. The van der Waals surface area contributed by atoms with Crippen molar-refractivity contribution in [3.8, 4) is 77.9 Å². The molecule has 0 aromatic heterocycles. The van der Waals surface area contributed by atoms with Crippen LogP contribution in [0.25, 0.3) is 132 Å². The molecule has 2 aliphatic carbocycles. The van der Waals surface area contributed by atoms with Crippen LogP contribution in [0.15, 0.2) is 188 Å². The van der Waals surface area contributed by atoms with Gasteiger partial charge in [-0.05, 0) is 157 Å². The fourth-order valence-electron chi connectivity index (χ4n) is 10.4. The summed E-state index contributed by atoms with van der Waals surface area (Å²) in [6.45, 7) is 0. The Hall–Kier alpha value is -6.99. The molecule has 0 heterocycles. The third-order valence-corrected chi connectivity index (χ3v) is 13.1. The number of fused-ring (bicyclic) bond motifs is 9. The van der Waals surface area contributed by atoms with Crippen molar-refractivity contribution in [2.75, 3.05) is 0 Å². The maximum absolute atomic E-state index is 7.21. The predicted molar refractivity (Wildman–Crippen MR) is 244 cm³/mol. The van der Waals surface area contributed by atoms with Crippen molar-refractivity contribution in [3.05, 3.63) is 193 Å². The van der Waals surface area contributed by atoms with E-state index < -0.39 is 0 Å². The van der Waals surface area contributed by atoms with Crippen LogP contribution in [0.4, 0.5) is 0 Å². The SMILES string of the molecule is Clc1ccccc1-c1c2c(c(-c3ccccc3)c3cc4ccccc4cc13)-c1cccc3c(-c4ccc5c6c(cccc46)-c4cc6ccccc6cc4-5)ccc-2c13. The Kier molecular flexibility index (Phi) is 6.32. The molecule has 0 aliphatic heterocycles. The molecule has 0 amide bonds. The molecule has 13 rings (SSSR count). The first-order valence-corrected chi connectivity index (χ1v) is 20.1. The van der Waals surface area contributed by atoms with Gasteiger partial charge in [-0.3, -0.25) is 0 Å². The monoisotopic (exact) mass is 738 g/mol. The smallest absolute Gasteiger partial charge is 0.0484 e. The molecule has 0 nitrogen and oxygen atoms in total. The van der Waals surface area contributed by atoms with E-state index in [1.165, 1.54) is 126 Å². The molecule has 0 N–H and O–H groups in total. The third-order valence-electron chi connectivity index (χ3n) is 12.8. The Bertz CT molecular complexity index is 3520. The minimum Gasteiger partial charge on any atom is -0.0837 e. The van der Waals surface area contributed by atoms with E-state index in [0.29, 0.717) is 0 Å². The Morgan fingerprint density at radius 2 is 0.684 bits per heavy atom. The van der Waals surface area contributed by atoms with Crippen LogP contribution in [-0.4, -0.2) is 0 Å². The highest BCUT2D eigenvalue weighted by Crippen LogP contribution is 2.60. The molecule has 0 saturated carbocycles. The van der Waals surface area contributed by atoms with Crippen molar-refractivity contribution in [2.45, 2.75) is 0 Å². The zero-order valence-electron chi connectivity index (χ0n) is 30.8. The third kappa shape index (κ3) is 4.23. The first-order chi connectivity index (χ1) is 28.2. The topological polar surface area (TPSA) is 0 Å². The van der Waals surface area contributed by atoms with Crippen LogP contribution in [0, 0.1) is 0 Å². The highest BCUT2D eigenvalue weighted by molar-refractivity contribution is 6.36. The Balaban J connectivity index is 1.14. The van der Waals surface area contributed by atoms with E-state index in [4.69, 9.17) is 11.6 Å². The highest BCUT2D eigenvalue weighted by Gasteiger charge is 2.32. The quantitative estimate of drug-likeness (QED) is 0.158. The summed E-state index contributed by atoms with van der Waals surface area (Å²) in [7, 11) is 0. The minimum absolute atomic E-state index is 0.757. The molecule has 11 aromatic carbocycles. The Labute approximate surface area is 334 Å². The molecular weight excluding hydrogens is 708 g/mol. The first kappa shape index (κ1) is 31.2. The van der Waals surface area contributed by atoms with Gasteiger partial charge in [0.05, 0.1) is 0 Å².